The van der Waals surface area contributed by atoms with Gasteiger partial charge in [0, 0.05) is 18.8 Å². The van der Waals surface area contributed by atoms with E-state index in [9.17, 15) is 18.0 Å². The van der Waals surface area contributed by atoms with Crippen LogP contribution in [0.15, 0.2) is 0 Å². The number of likely N-dealkylation sites (N-methyl/N-ethyl adjacent to an activating group) is 1. The lowest BCUT2D eigenvalue weighted by molar-refractivity contribution is -0.193. The fraction of sp³-hybridized carbons (Fsp3) is 0.889. The molecule has 2 atom stereocenters. The molecule has 7 heteroatoms. The van der Waals surface area contributed by atoms with Gasteiger partial charge in [-0.15, -0.1) is 0 Å². The van der Waals surface area contributed by atoms with Crippen LogP contribution in [0.5, 0.6) is 0 Å². The van der Waals surface area contributed by atoms with Crippen LogP contribution in [0.1, 0.15) is 13.3 Å². The topological polar surface area (TPSA) is 46.3 Å². The average Bonchev–Trinajstić information content (AvgIpc) is 2.66. The number of thioether (sulfide) groups is 1. The molecule has 0 aliphatic carbocycles. The maximum atomic E-state index is 12.6. The monoisotopic (exact) mass is 256 g/mol. The molecule has 0 saturated carbocycles. The Hall–Kier alpha value is -0.430. The number of hydrogen-bond donors (Lipinski definition) is 1. The van der Waals surface area contributed by atoms with Gasteiger partial charge in [-0.05, 0) is 19.1 Å². The first-order valence-corrected chi connectivity index (χ1v) is 6.04. The highest BCUT2D eigenvalue weighted by molar-refractivity contribution is 7.99. The molecule has 0 aromatic rings. The second-order valence-electron chi connectivity index (χ2n) is 4.13. The van der Waals surface area contributed by atoms with Gasteiger partial charge < -0.3 is 10.6 Å². The molecule has 3 nitrogen and oxygen atoms in total. The Morgan fingerprint density at radius 1 is 1.50 bits per heavy atom. The number of amides is 1. The molecule has 1 saturated heterocycles. The zero-order valence-corrected chi connectivity index (χ0v) is 9.99. The fourth-order valence-electron chi connectivity index (χ4n) is 1.48. The minimum absolute atomic E-state index is 0.136. The van der Waals surface area contributed by atoms with Crippen molar-refractivity contribution in [2.75, 3.05) is 18.6 Å². The van der Waals surface area contributed by atoms with E-state index in [4.69, 9.17) is 5.73 Å². The van der Waals surface area contributed by atoms with Crippen molar-refractivity contribution in [3.8, 4) is 0 Å². The lowest BCUT2D eigenvalue weighted by Crippen LogP contribution is -2.62. The minimum Gasteiger partial charge on any atom is -0.340 e. The zero-order valence-electron chi connectivity index (χ0n) is 9.17. The third-order valence-electron chi connectivity index (χ3n) is 2.81. The van der Waals surface area contributed by atoms with Gasteiger partial charge in [0.05, 0.1) is 0 Å². The van der Waals surface area contributed by atoms with Crippen LogP contribution >= 0.6 is 11.8 Å². The van der Waals surface area contributed by atoms with Crippen molar-refractivity contribution >= 4 is 17.7 Å². The van der Waals surface area contributed by atoms with Gasteiger partial charge in [0.15, 0.2) is 5.54 Å². The molecule has 1 aliphatic heterocycles. The van der Waals surface area contributed by atoms with E-state index in [1.165, 1.54) is 7.05 Å². The standard InChI is InChI=1S/C9H15F3N2OS/c1-8(13,9(10,11)12)7(15)14(2)6-3-4-16-5-6/h6H,3-5,13H2,1-2H3. The highest BCUT2D eigenvalue weighted by atomic mass is 32.2. The summed E-state index contributed by atoms with van der Waals surface area (Å²) < 4.78 is 37.7. The lowest BCUT2D eigenvalue weighted by atomic mass is 10.0. The summed E-state index contributed by atoms with van der Waals surface area (Å²) in [5.74, 6) is 0.485. The number of halogens is 3. The van der Waals surface area contributed by atoms with E-state index < -0.39 is 17.6 Å². The van der Waals surface area contributed by atoms with Crippen molar-refractivity contribution in [1.29, 1.82) is 0 Å². The van der Waals surface area contributed by atoms with Crippen LogP contribution in [-0.2, 0) is 4.79 Å². The predicted molar refractivity (Wildman–Crippen MR) is 57.1 cm³/mol. The summed E-state index contributed by atoms with van der Waals surface area (Å²) in [5.41, 5.74) is 2.29. The van der Waals surface area contributed by atoms with Crippen LogP contribution in [-0.4, -0.2) is 47.1 Å². The van der Waals surface area contributed by atoms with Gasteiger partial charge in [0.1, 0.15) is 0 Å². The molecule has 2 unspecified atom stereocenters. The van der Waals surface area contributed by atoms with Gasteiger partial charge in [-0.3, -0.25) is 4.79 Å². The number of carbonyl (C=O) groups excluding carboxylic acids is 1. The Morgan fingerprint density at radius 3 is 2.44 bits per heavy atom. The summed E-state index contributed by atoms with van der Waals surface area (Å²) in [6, 6.07) is -0.136. The van der Waals surface area contributed by atoms with Gasteiger partial charge in [0.25, 0.3) is 5.91 Å². The normalized spacial score (nSPS) is 25.2. The number of nitrogens with zero attached hydrogens (tertiary/aromatic N) is 1. The van der Waals surface area contributed by atoms with Crippen LogP contribution in [0.4, 0.5) is 13.2 Å². The van der Waals surface area contributed by atoms with Crippen LogP contribution in [0.3, 0.4) is 0 Å². The van der Waals surface area contributed by atoms with E-state index in [0.29, 0.717) is 12.7 Å². The summed E-state index contributed by atoms with van der Waals surface area (Å²) in [6.45, 7) is 0.716. The number of rotatable bonds is 2. The Morgan fingerprint density at radius 2 is 2.06 bits per heavy atom. The minimum atomic E-state index is -4.72. The van der Waals surface area contributed by atoms with Gasteiger partial charge in [-0.25, -0.2) is 0 Å². The summed E-state index contributed by atoms with van der Waals surface area (Å²) >= 11 is 1.63. The Labute approximate surface area is 96.5 Å². The van der Waals surface area contributed by atoms with E-state index in [2.05, 4.69) is 0 Å². The molecule has 0 bridgehead atoms. The van der Waals surface area contributed by atoms with Gasteiger partial charge in [-0.2, -0.15) is 24.9 Å². The van der Waals surface area contributed by atoms with E-state index in [1.54, 1.807) is 11.8 Å². The summed E-state index contributed by atoms with van der Waals surface area (Å²) in [6.07, 6.45) is -4.00. The number of carbonyl (C=O) groups is 1. The SMILES string of the molecule is CN(C(=O)C(C)(N)C(F)(F)F)C1CCSC1. The Balaban J connectivity index is 2.76. The van der Waals surface area contributed by atoms with Crippen molar-refractivity contribution in [2.45, 2.75) is 31.1 Å². The molecule has 0 radical (unpaired) electrons. The second kappa shape index (κ2) is 4.44. The molecule has 0 aromatic carbocycles. The molecule has 1 heterocycles. The highest BCUT2D eigenvalue weighted by Gasteiger charge is 2.55. The molecule has 1 fully saturated rings. The van der Waals surface area contributed by atoms with Crippen LogP contribution < -0.4 is 5.73 Å². The molecule has 1 amide bonds. The van der Waals surface area contributed by atoms with E-state index in [0.717, 1.165) is 17.1 Å². The van der Waals surface area contributed by atoms with Gasteiger partial charge >= 0.3 is 6.18 Å². The number of nitrogens with two attached hydrogens (primary N) is 1. The first-order chi connectivity index (χ1) is 7.18. The summed E-state index contributed by atoms with van der Waals surface area (Å²) in [5, 5.41) is 0. The van der Waals surface area contributed by atoms with Crippen molar-refractivity contribution in [3.05, 3.63) is 0 Å². The first-order valence-electron chi connectivity index (χ1n) is 4.88. The van der Waals surface area contributed by atoms with Crippen LogP contribution in [0, 0.1) is 0 Å². The molecule has 0 aromatic heterocycles. The molecule has 94 valence electrons. The number of hydrogen-bond acceptors (Lipinski definition) is 3. The number of alkyl halides is 3. The predicted octanol–water partition coefficient (Wildman–Crippen LogP) is 1.23. The molecule has 1 aliphatic rings. The molecular formula is C9H15F3N2OS. The molecule has 1 rings (SSSR count). The van der Waals surface area contributed by atoms with E-state index in [-0.39, 0.29) is 6.04 Å². The molecule has 16 heavy (non-hydrogen) atoms. The van der Waals surface area contributed by atoms with Crippen LogP contribution in [0.25, 0.3) is 0 Å². The van der Waals surface area contributed by atoms with Crippen molar-refractivity contribution in [3.63, 3.8) is 0 Å². The average molecular weight is 256 g/mol. The fourth-order valence-corrected chi connectivity index (χ4v) is 2.75. The molecule has 2 N–H and O–H groups in total. The van der Waals surface area contributed by atoms with Crippen molar-refractivity contribution in [1.82, 2.24) is 4.90 Å². The maximum Gasteiger partial charge on any atom is 0.415 e. The third kappa shape index (κ3) is 2.45. The van der Waals surface area contributed by atoms with Gasteiger partial charge in [-0.1, -0.05) is 0 Å². The van der Waals surface area contributed by atoms with Crippen LogP contribution in [0.2, 0.25) is 0 Å². The smallest absolute Gasteiger partial charge is 0.340 e. The third-order valence-corrected chi connectivity index (χ3v) is 3.95. The van der Waals surface area contributed by atoms with E-state index >= 15 is 0 Å². The molecule has 0 spiro atoms. The van der Waals surface area contributed by atoms with Crippen molar-refractivity contribution < 1.29 is 18.0 Å². The summed E-state index contributed by atoms with van der Waals surface area (Å²) in [4.78, 5) is 12.8. The maximum absolute atomic E-state index is 12.6. The Kier molecular flexibility index (Phi) is 3.79. The second-order valence-corrected chi connectivity index (χ2v) is 5.28. The van der Waals surface area contributed by atoms with Gasteiger partial charge in [0.2, 0.25) is 0 Å². The first kappa shape index (κ1) is 13.6. The highest BCUT2D eigenvalue weighted by Crippen LogP contribution is 2.31. The van der Waals surface area contributed by atoms with E-state index in [1.807, 2.05) is 0 Å². The zero-order chi connectivity index (χ0) is 12.6. The Bertz CT molecular complexity index is 274. The summed E-state index contributed by atoms with van der Waals surface area (Å²) in [7, 11) is 1.38. The quantitative estimate of drug-likeness (QED) is 0.808. The lowest BCUT2D eigenvalue weighted by Gasteiger charge is -2.33. The molecular weight excluding hydrogens is 241 g/mol. The largest absolute Gasteiger partial charge is 0.415 e. The van der Waals surface area contributed by atoms with Crippen molar-refractivity contribution in [2.24, 2.45) is 5.73 Å².